The maximum absolute atomic E-state index is 12.9. The van der Waals surface area contributed by atoms with Gasteiger partial charge in [-0.3, -0.25) is 14.4 Å². The van der Waals surface area contributed by atoms with Crippen LogP contribution < -0.4 is 10.6 Å². The Morgan fingerprint density at radius 3 is 2.12 bits per heavy atom. The fourth-order valence-corrected chi connectivity index (χ4v) is 2.11. The maximum atomic E-state index is 12.9. The van der Waals surface area contributed by atoms with E-state index in [2.05, 4.69) is 10.6 Å². The highest BCUT2D eigenvalue weighted by atomic mass is 19.1. The second-order valence-electron chi connectivity index (χ2n) is 5.42. The topological polar surface area (TPSA) is 133 Å². The van der Waals surface area contributed by atoms with E-state index in [-0.39, 0.29) is 12.8 Å². The Kier molecular flexibility index (Phi) is 7.51. The molecule has 0 spiro atoms. The van der Waals surface area contributed by atoms with Crippen LogP contribution in [-0.4, -0.2) is 46.0 Å². The predicted octanol–water partition coefficient (Wildman–Crippen LogP) is 0.307. The monoisotopic (exact) mass is 354 g/mol. The minimum Gasteiger partial charge on any atom is -0.481 e. The van der Waals surface area contributed by atoms with Crippen molar-refractivity contribution in [2.24, 2.45) is 0 Å². The lowest BCUT2D eigenvalue weighted by Gasteiger charge is -2.21. The Bertz CT molecular complexity index is 647. The van der Waals surface area contributed by atoms with Gasteiger partial charge in [-0.05, 0) is 24.1 Å². The Morgan fingerprint density at radius 1 is 1.04 bits per heavy atom. The van der Waals surface area contributed by atoms with Crippen LogP contribution in [0, 0.1) is 5.82 Å². The summed E-state index contributed by atoms with van der Waals surface area (Å²) in [5.74, 6) is -4.29. The molecule has 1 aromatic carbocycles. The quantitative estimate of drug-likeness (QED) is 0.504. The zero-order valence-corrected chi connectivity index (χ0v) is 13.5. The van der Waals surface area contributed by atoms with E-state index in [9.17, 15) is 23.6 Å². The van der Waals surface area contributed by atoms with Gasteiger partial charge < -0.3 is 20.8 Å². The largest absolute Gasteiger partial charge is 0.481 e. The van der Waals surface area contributed by atoms with E-state index in [1.165, 1.54) is 31.2 Å². The summed E-state index contributed by atoms with van der Waals surface area (Å²) in [4.78, 5) is 45.3. The van der Waals surface area contributed by atoms with Gasteiger partial charge in [0.25, 0.3) is 0 Å². The number of carboxylic acid groups (broad SMARTS) is 2. The van der Waals surface area contributed by atoms with Gasteiger partial charge in [-0.2, -0.15) is 0 Å². The number of halogens is 1. The highest BCUT2D eigenvalue weighted by Crippen LogP contribution is 2.07. The van der Waals surface area contributed by atoms with E-state index in [0.717, 1.165) is 0 Å². The molecule has 136 valence electrons. The first-order chi connectivity index (χ1) is 11.7. The van der Waals surface area contributed by atoms with Gasteiger partial charge in [-0.1, -0.05) is 12.1 Å². The molecular formula is C16H19FN2O6. The molecule has 0 aliphatic carbocycles. The van der Waals surface area contributed by atoms with Crippen LogP contribution in [-0.2, 0) is 25.6 Å². The number of hydrogen-bond donors (Lipinski definition) is 4. The molecule has 1 aromatic rings. The second kappa shape index (κ2) is 9.36. The Balaban J connectivity index is 2.83. The summed E-state index contributed by atoms with van der Waals surface area (Å²) in [6, 6.07) is 2.81. The van der Waals surface area contributed by atoms with Crippen molar-refractivity contribution in [1.29, 1.82) is 0 Å². The van der Waals surface area contributed by atoms with Crippen molar-refractivity contribution in [1.82, 2.24) is 10.6 Å². The first kappa shape index (κ1) is 20.1. The summed E-state index contributed by atoms with van der Waals surface area (Å²) < 4.78 is 12.9. The molecule has 0 unspecified atom stereocenters. The number of carboxylic acids is 2. The molecule has 8 nitrogen and oxygen atoms in total. The third kappa shape index (κ3) is 7.42. The third-order valence-electron chi connectivity index (χ3n) is 3.31. The summed E-state index contributed by atoms with van der Waals surface area (Å²) in [6.45, 7) is 1.20. The first-order valence-corrected chi connectivity index (χ1v) is 7.45. The van der Waals surface area contributed by atoms with Crippen LogP contribution in [0.25, 0.3) is 0 Å². The fourth-order valence-electron chi connectivity index (χ4n) is 2.11. The summed E-state index contributed by atoms with van der Waals surface area (Å²) >= 11 is 0. The molecule has 0 saturated heterocycles. The van der Waals surface area contributed by atoms with Crippen LogP contribution in [0.3, 0.4) is 0 Å². The Hall–Kier alpha value is -2.97. The van der Waals surface area contributed by atoms with Gasteiger partial charge in [-0.15, -0.1) is 0 Å². The lowest BCUT2D eigenvalue weighted by atomic mass is 10.0. The number of rotatable bonds is 9. The minimum atomic E-state index is -1.40. The highest BCUT2D eigenvalue weighted by molar-refractivity contribution is 5.90. The van der Waals surface area contributed by atoms with Crippen molar-refractivity contribution in [2.75, 3.05) is 0 Å². The summed E-state index contributed by atoms with van der Waals surface area (Å²) in [7, 11) is 0. The normalized spacial score (nSPS) is 12.7. The van der Waals surface area contributed by atoms with Gasteiger partial charge in [-0.25, -0.2) is 9.18 Å². The number of benzene rings is 1. The SMILES string of the molecule is CC(=O)N[C@@H](Cc1ccc(F)cc1)C(=O)N[C@H](CCC(=O)O)C(=O)O. The average Bonchev–Trinajstić information content (AvgIpc) is 2.51. The number of carbonyl (C=O) groups excluding carboxylic acids is 2. The van der Waals surface area contributed by atoms with Gasteiger partial charge in [0.15, 0.2) is 0 Å². The van der Waals surface area contributed by atoms with Crippen LogP contribution in [0.15, 0.2) is 24.3 Å². The van der Waals surface area contributed by atoms with Crippen molar-refractivity contribution in [3.63, 3.8) is 0 Å². The van der Waals surface area contributed by atoms with Gasteiger partial charge in [0.2, 0.25) is 11.8 Å². The van der Waals surface area contributed by atoms with E-state index in [1.54, 1.807) is 0 Å². The van der Waals surface area contributed by atoms with Crippen LogP contribution in [0.4, 0.5) is 4.39 Å². The summed E-state index contributed by atoms with van der Waals surface area (Å²) in [6.07, 6.45) is -0.698. The number of carbonyl (C=O) groups is 4. The smallest absolute Gasteiger partial charge is 0.326 e. The molecule has 0 radical (unpaired) electrons. The van der Waals surface area contributed by atoms with E-state index in [4.69, 9.17) is 10.2 Å². The molecular weight excluding hydrogens is 335 g/mol. The predicted molar refractivity (Wildman–Crippen MR) is 84.1 cm³/mol. The summed E-state index contributed by atoms with van der Waals surface area (Å²) in [5, 5.41) is 22.3. The molecule has 4 N–H and O–H groups in total. The summed E-state index contributed by atoms with van der Waals surface area (Å²) in [5.41, 5.74) is 0.563. The lowest BCUT2D eigenvalue weighted by molar-refractivity contribution is -0.143. The molecule has 0 fully saturated rings. The third-order valence-corrected chi connectivity index (χ3v) is 3.31. The number of amides is 2. The maximum Gasteiger partial charge on any atom is 0.326 e. The number of hydrogen-bond acceptors (Lipinski definition) is 4. The molecule has 0 bridgehead atoms. The van der Waals surface area contributed by atoms with Crippen molar-refractivity contribution in [3.05, 3.63) is 35.6 Å². The fraction of sp³-hybridized carbons (Fsp3) is 0.375. The van der Waals surface area contributed by atoms with Crippen LogP contribution >= 0.6 is 0 Å². The van der Waals surface area contributed by atoms with Gasteiger partial charge in [0.1, 0.15) is 17.9 Å². The second-order valence-corrected chi connectivity index (χ2v) is 5.42. The van der Waals surface area contributed by atoms with Gasteiger partial charge >= 0.3 is 11.9 Å². The Labute approximate surface area is 143 Å². The molecule has 0 heterocycles. The molecule has 25 heavy (non-hydrogen) atoms. The van der Waals surface area contributed by atoms with Crippen molar-refractivity contribution in [3.8, 4) is 0 Å². The average molecular weight is 354 g/mol. The van der Waals surface area contributed by atoms with Crippen molar-refractivity contribution < 1.29 is 33.8 Å². The lowest BCUT2D eigenvalue weighted by Crippen LogP contribution is -2.52. The van der Waals surface area contributed by atoms with Gasteiger partial charge in [0.05, 0.1) is 0 Å². The zero-order valence-electron chi connectivity index (χ0n) is 13.5. The molecule has 0 aromatic heterocycles. The van der Waals surface area contributed by atoms with E-state index < -0.39 is 48.1 Å². The minimum absolute atomic E-state index is 0.0248. The van der Waals surface area contributed by atoms with Crippen LogP contribution in [0.2, 0.25) is 0 Å². The standard InChI is InChI=1S/C16H19FN2O6/c1-9(20)18-13(8-10-2-4-11(17)5-3-10)15(23)19-12(16(24)25)6-7-14(21)22/h2-5,12-13H,6-8H2,1H3,(H,18,20)(H,19,23)(H,21,22)(H,24,25)/t12-,13+/m1/s1. The molecule has 2 atom stereocenters. The Morgan fingerprint density at radius 2 is 1.64 bits per heavy atom. The van der Waals surface area contributed by atoms with E-state index in [0.29, 0.717) is 5.56 Å². The molecule has 2 amide bonds. The van der Waals surface area contributed by atoms with E-state index >= 15 is 0 Å². The van der Waals surface area contributed by atoms with Gasteiger partial charge in [0, 0.05) is 19.8 Å². The number of aliphatic carboxylic acids is 2. The zero-order chi connectivity index (χ0) is 19.0. The van der Waals surface area contributed by atoms with E-state index in [1.807, 2.05) is 0 Å². The molecule has 0 saturated carbocycles. The van der Waals surface area contributed by atoms with Crippen molar-refractivity contribution >= 4 is 23.8 Å². The highest BCUT2D eigenvalue weighted by Gasteiger charge is 2.26. The van der Waals surface area contributed by atoms with Crippen molar-refractivity contribution in [2.45, 2.75) is 38.3 Å². The first-order valence-electron chi connectivity index (χ1n) is 7.45. The molecule has 0 aliphatic rings. The molecule has 9 heteroatoms. The number of nitrogens with one attached hydrogen (secondary N) is 2. The van der Waals surface area contributed by atoms with Crippen LogP contribution in [0.1, 0.15) is 25.3 Å². The van der Waals surface area contributed by atoms with Crippen LogP contribution in [0.5, 0.6) is 0 Å². The molecule has 1 rings (SSSR count). The molecule has 0 aliphatic heterocycles.